The first-order chi connectivity index (χ1) is 26.9. The number of nitrogens with one attached hydrogen (secondary N) is 2. The summed E-state index contributed by atoms with van der Waals surface area (Å²) in [7, 11) is 3.70. The van der Waals surface area contributed by atoms with Crippen molar-refractivity contribution in [2.45, 2.75) is 81.0 Å². The van der Waals surface area contributed by atoms with E-state index in [9.17, 15) is 9.90 Å². The molecule has 1 spiro atoms. The monoisotopic (exact) mass is 781 g/mol. The van der Waals surface area contributed by atoms with Gasteiger partial charge in [0.25, 0.3) is 0 Å². The summed E-state index contributed by atoms with van der Waals surface area (Å²) in [4.78, 5) is 36.6. The molecule has 0 radical (unpaired) electrons. The lowest BCUT2D eigenvalue weighted by molar-refractivity contribution is -0.160. The van der Waals surface area contributed by atoms with E-state index in [0.717, 1.165) is 50.0 Å². The van der Waals surface area contributed by atoms with Crippen LogP contribution in [-0.4, -0.2) is 95.9 Å². The SMILES string of the molecule is COc1c(C)cc2c(c1O)C1[C@@H]3[C@@H]4SC[C@]5(N[C@H](CN)Cc6c5[nH]c5ccccc65)C(=O)OC[C@@H](c5c6c(c(C)c(OC(C)=O)c54)OCO6)N3C(C)(C2)CN1C. The highest BCUT2D eigenvalue weighted by Gasteiger charge is 2.63. The Hall–Kier alpha value is -4.47. The molecule has 12 rings (SSSR count). The van der Waals surface area contributed by atoms with Crippen LogP contribution in [0, 0.1) is 13.8 Å². The number of para-hydroxylation sites is 1. The number of rotatable bonds is 3. The van der Waals surface area contributed by atoms with E-state index in [-0.39, 0.29) is 49.0 Å². The average Bonchev–Trinajstić information content (AvgIpc) is 3.76. The number of ether oxygens (including phenoxy) is 5. The molecule has 9 heterocycles. The summed E-state index contributed by atoms with van der Waals surface area (Å²) in [5, 5.41) is 16.5. The summed E-state index contributed by atoms with van der Waals surface area (Å²) in [5.41, 5.74) is 12.4. The zero-order valence-corrected chi connectivity index (χ0v) is 33.2. The number of aromatic nitrogens is 1. The molecule has 13 nitrogen and oxygen atoms in total. The maximum atomic E-state index is 15.1. The molecule has 2 saturated heterocycles. The molecule has 0 aliphatic carbocycles. The number of thioether (sulfide) groups is 1. The molecule has 0 saturated carbocycles. The molecule has 2 fully saturated rings. The lowest BCUT2D eigenvalue weighted by Gasteiger charge is -2.61. The van der Waals surface area contributed by atoms with Gasteiger partial charge in [-0.3, -0.25) is 19.9 Å². The van der Waals surface area contributed by atoms with E-state index >= 15 is 4.79 Å². The molecular formula is C42H47N5O8S. The van der Waals surface area contributed by atoms with Crippen LogP contribution < -0.4 is 30.0 Å². The number of hydrogen-bond donors (Lipinski definition) is 4. The molecule has 5 N–H and O–H groups in total. The highest BCUT2D eigenvalue weighted by atomic mass is 32.2. The van der Waals surface area contributed by atoms with E-state index in [1.807, 2.05) is 32.0 Å². The van der Waals surface area contributed by atoms with Gasteiger partial charge in [-0.15, -0.1) is 11.8 Å². The van der Waals surface area contributed by atoms with Crippen molar-refractivity contribution in [3.63, 3.8) is 0 Å². The van der Waals surface area contributed by atoms with E-state index in [4.69, 9.17) is 29.4 Å². The highest BCUT2D eigenvalue weighted by Crippen LogP contribution is 2.65. The van der Waals surface area contributed by atoms with Gasteiger partial charge in [0.2, 0.25) is 6.79 Å². The standard InChI is InChI=1S/C42H47N5O8S/c1-19-11-22-13-41(4)16-46(5)31(28(22)33(49)34(19)51-6)32-38-30-29(37-36(53-18-54-37)20(2)35(30)55-21(3)48)27(47(32)41)15-52-40(50)42(17-56-38)39-25(12-23(14-43)45-42)24-9-7-8-10-26(24)44-39/h7-11,23,27,31-32,38,44-45,49H,12-18,43H2,1-6H3/t23-,27-,31?,32+,38+,41?,42+/m0/s1. The van der Waals surface area contributed by atoms with Crippen LogP contribution in [0.2, 0.25) is 0 Å². The van der Waals surface area contributed by atoms with Crippen molar-refractivity contribution < 1.29 is 38.4 Å². The Kier molecular flexibility index (Phi) is 8.02. The van der Waals surface area contributed by atoms with Crippen LogP contribution >= 0.6 is 11.8 Å². The number of nitrogens with zero attached hydrogens (tertiary/aromatic N) is 2. The Labute approximate surface area is 329 Å². The fourth-order valence-electron chi connectivity index (χ4n) is 11.2. The Morgan fingerprint density at radius 1 is 1.12 bits per heavy atom. The summed E-state index contributed by atoms with van der Waals surface area (Å²) >= 11 is 1.63. The minimum absolute atomic E-state index is 0.0115. The minimum Gasteiger partial charge on any atom is -0.504 e. The molecule has 8 aliphatic heterocycles. The third-order valence-corrected chi connectivity index (χ3v) is 14.7. The van der Waals surface area contributed by atoms with Gasteiger partial charge in [-0.25, -0.2) is 4.79 Å². The Morgan fingerprint density at radius 3 is 2.68 bits per heavy atom. The Balaban J connectivity index is 1.26. The number of H-pyrrole nitrogens is 1. The second-order valence-corrected chi connectivity index (χ2v) is 17.7. The van der Waals surface area contributed by atoms with Gasteiger partial charge in [0.05, 0.1) is 30.1 Å². The van der Waals surface area contributed by atoms with Gasteiger partial charge in [-0.2, -0.15) is 0 Å². The van der Waals surface area contributed by atoms with E-state index in [0.29, 0.717) is 54.5 Å². The predicted molar refractivity (Wildman–Crippen MR) is 210 cm³/mol. The molecule has 0 amide bonds. The van der Waals surface area contributed by atoms with Crippen molar-refractivity contribution >= 4 is 34.6 Å². The number of aryl methyl sites for hydroxylation is 1. The summed E-state index contributed by atoms with van der Waals surface area (Å²) in [6.45, 7) is 8.53. The first-order valence-corrected chi connectivity index (χ1v) is 20.3. The molecule has 3 aromatic carbocycles. The van der Waals surface area contributed by atoms with E-state index in [2.05, 4.69) is 46.2 Å². The summed E-state index contributed by atoms with van der Waals surface area (Å²) in [5.74, 6) is 1.55. The number of likely N-dealkylation sites (N-methyl/N-ethyl adjacent to an activating group) is 1. The molecule has 14 heteroatoms. The van der Waals surface area contributed by atoms with Gasteiger partial charge in [-0.05, 0) is 63.4 Å². The summed E-state index contributed by atoms with van der Waals surface area (Å²) < 4.78 is 31.2. The molecule has 8 aliphatic rings. The number of methoxy groups -OCH3 is 1. The number of phenols is 1. The van der Waals surface area contributed by atoms with Crippen LogP contribution in [0.3, 0.4) is 0 Å². The van der Waals surface area contributed by atoms with Crippen LogP contribution in [0.5, 0.6) is 28.7 Å². The largest absolute Gasteiger partial charge is 0.504 e. The third kappa shape index (κ3) is 4.76. The number of esters is 2. The zero-order chi connectivity index (χ0) is 39.0. The van der Waals surface area contributed by atoms with Crippen molar-refractivity contribution in [3.8, 4) is 28.7 Å². The fourth-order valence-corrected chi connectivity index (χ4v) is 12.9. The molecule has 56 heavy (non-hydrogen) atoms. The summed E-state index contributed by atoms with van der Waals surface area (Å²) in [6.07, 6.45) is 1.28. The smallest absolute Gasteiger partial charge is 0.333 e. The van der Waals surface area contributed by atoms with Crippen molar-refractivity contribution in [1.82, 2.24) is 20.1 Å². The number of fused-ring (bicyclic) bond motifs is 8. The van der Waals surface area contributed by atoms with Crippen LogP contribution in [0.1, 0.15) is 75.8 Å². The van der Waals surface area contributed by atoms with Crippen molar-refractivity contribution in [2.24, 2.45) is 5.73 Å². The molecule has 1 aromatic heterocycles. The normalized spacial score (nSPS) is 31.3. The average molecular weight is 782 g/mol. The zero-order valence-electron chi connectivity index (χ0n) is 32.4. The molecule has 294 valence electrons. The van der Waals surface area contributed by atoms with Gasteiger partial charge in [0, 0.05) is 76.5 Å². The number of carbonyl (C=O) groups is 2. The minimum atomic E-state index is -1.28. The maximum Gasteiger partial charge on any atom is 0.333 e. The van der Waals surface area contributed by atoms with Gasteiger partial charge in [-0.1, -0.05) is 24.3 Å². The van der Waals surface area contributed by atoms with Crippen LogP contribution in [0.25, 0.3) is 10.9 Å². The topological polar surface area (TPSA) is 161 Å². The highest BCUT2D eigenvalue weighted by molar-refractivity contribution is 7.99. The second-order valence-electron chi connectivity index (χ2n) is 16.6. The quantitative estimate of drug-likeness (QED) is 0.169. The molecule has 3 unspecified atom stereocenters. The number of phenolic OH excluding ortho intramolecular Hbond substituents is 1. The number of carbonyl (C=O) groups excluding carboxylic acids is 2. The van der Waals surface area contributed by atoms with Gasteiger partial charge in [0.15, 0.2) is 28.5 Å². The molecule has 4 bridgehead atoms. The van der Waals surface area contributed by atoms with E-state index in [1.54, 1.807) is 18.9 Å². The van der Waals surface area contributed by atoms with E-state index in [1.165, 1.54) is 6.92 Å². The Bertz CT molecular complexity index is 2370. The van der Waals surface area contributed by atoms with Gasteiger partial charge in [0.1, 0.15) is 12.4 Å². The second kappa shape index (κ2) is 12.5. The number of piperazine rings is 1. The van der Waals surface area contributed by atoms with Gasteiger partial charge >= 0.3 is 11.9 Å². The Morgan fingerprint density at radius 2 is 1.91 bits per heavy atom. The van der Waals surface area contributed by atoms with Crippen molar-refractivity contribution in [2.75, 3.05) is 46.4 Å². The summed E-state index contributed by atoms with van der Waals surface area (Å²) in [6, 6.07) is 8.90. The number of aromatic amines is 1. The first kappa shape index (κ1) is 35.9. The van der Waals surface area contributed by atoms with Crippen molar-refractivity contribution in [3.05, 3.63) is 75.0 Å². The van der Waals surface area contributed by atoms with Crippen LogP contribution in [0.15, 0.2) is 30.3 Å². The molecule has 8 atom stereocenters. The molecular weight excluding hydrogens is 735 g/mol. The fraction of sp³-hybridized carbons (Fsp3) is 0.476. The maximum absolute atomic E-state index is 15.1. The third-order valence-electron chi connectivity index (χ3n) is 13.2. The van der Waals surface area contributed by atoms with Crippen LogP contribution in [-0.2, 0) is 32.7 Å². The first-order valence-electron chi connectivity index (χ1n) is 19.3. The number of benzene rings is 3. The van der Waals surface area contributed by atoms with E-state index < -0.39 is 28.3 Å². The number of aromatic hydroxyl groups is 1. The number of nitrogens with two attached hydrogens (primary N) is 1. The van der Waals surface area contributed by atoms with Crippen LogP contribution in [0.4, 0.5) is 0 Å². The lowest BCUT2D eigenvalue weighted by Crippen LogP contribution is -2.69. The van der Waals surface area contributed by atoms with Crippen molar-refractivity contribution in [1.29, 1.82) is 0 Å². The molecule has 4 aromatic rings. The van der Waals surface area contributed by atoms with Gasteiger partial charge < -0.3 is 39.5 Å². The predicted octanol–water partition coefficient (Wildman–Crippen LogP) is 4.58. The number of hydrogen-bond acceptors (Lipinski definition) is 13. The lowest BCUT2D eigenvalue weighted by atomic mass is 9.76.